The Bertz CT molecular complexity index is 395. The Morgan fingerprint density at radius 1 is 1.07 bits per heavy atom. The van der Waals surface area contributed by atoms with Gasteiger partial charge in [0, 0.05) is 13.2 Å². The van der Waals surface area contributed by atoms with Crippen molar-refractivity contribution in [2.24, 2.45) is 0 Å². The molecule has 1 aromatic heterocycles. The SMILES string of the molecule is CCc1ccc(-c2ccccn2)cc1.[HH]. The molecule has 1 heterocycles. The first-order valence-corrected chi connectivity index (χ1v) is 4.90. The lowest BCUT2D eigenvalue weighted by Crippen LogP contribution is -1.83. The maximum absolute atomic E-state index is 4.30. The Balaban J connectivity index is 0.00000112. The quantitative estimate of drug-likeness (QED) is 0.697. The Morgan fingerprint density at radius 3 is 2.43 bits per heavy atom. The van der Waals surface area contributed by atoms with Gasteiger partial charge in [0.15, 0.2) is 0 Å². The fourth-order valence-electron chi connectivity index (χ4n) is 1.44. The van der Waals surface area contributed by atoms with E-state index in [0.29, 0.717) is 0 Å². The summed E-state index contributed by atoms with van der Waals surface area (Å²) in [5.41, 5.74) is 3.59. The molecule has 2 rings (SSSR count). The van der Waals surface area contributed by atoms with Gasteiger partial charge in [0.05, 0.1) is 5.69 Å². The average Bonchev–Trinajstić information content (AvgIpc) is 2.30. The van der Waals surface area contributed by atoms with Crippen molar-refractivity contribution in [3.63, 3.8) is 0 Å². The van der Waals surface area contributed by atoms with Crippen molar-refractivity contribution in [1.82, 2.24) is 4.98 Å². The van der Waals surface area contributed by atoms with Crippen molar-refractivity contribution >= 4 is 0 Å². The lowest BCUT2D eigenvalue weighted by molar-refractivity contribution is 1.14. The maximum Gasteiger partial charge on any atom is 0.0701 e. The van der Waals surface area contributed by atoms with Crippen LogP contribution in [0.25, 0.3) is 11.3 Å². The highest BCUT2D eigenvalue weighted by atomic mass is 14.7. The summed E-state index contributed by atoms with van der Waals surface area (Å²) in [6.07, 6.45) is 2.91. The molecule has 0 spiro atoms. The zero-order valence-electron chi connectivity index (χ0n) is 8.27. The summed E-state index contributed by atoms with van der Waals surface area (Å²) in [7, 11) is 0. The van der Waals surface area contributed by atoms with E-state index in [4.69, 9.17) is 0 Å². The molecule has 0 unspecified atom stereocenters. The smallest absolute Gasteiger partial charge is 0.0701 e. The van der Waals surface area contributed by atoms with E-state index in [1.165, 1.54) is 11.1 Å². The third-order valence-electron chi connectivity index (χ3n) is 2.32. The second-order valence-corrected chi connectivity index (χ2v) is 3.27. The molecule has 14 heavy (non-hydrogen) atoms. The molecule has 1 aromatic carbocycles. The van der Waals surface area contributed by atoms with Crippen LogP contribution < -0.4 is 0 Å². The molecule has 0 atom stereocenters. The molecule has 0 saturated carbocycles. The number of aryl methyl sites for hydroxylation is 1. The molecule has 1 nitrogen and oxygen atoms in total. The lowest BCUT2D eigenvalue weighted by Gasteiger charge is -2.01. The van der Waals surface area contributed by atoms with Crippen LogP contribution in [-0.4, -0.2) is 4.98 Å². The van der Waals surface area contributed by atoms with Gasteiger partial charge in [-0.05, 0) is 24.1 Å². The van der Waals surface area contributed by atoms with Crippen LogP contribution in [0.3, 0.4) is 0 Å². The van der Waals surface area contributed by atoms with Gasteiger partial charge in [-0.1, -0.05) is 37.3 Å². The monoisotopic (exact) mass is 185 g/mol. The second-order valence-electron chi connectivity index (χ2n) is 3.27. The van der Waals surface area contributed by atoms with E-state index >= 15 is 0 Å². The number of pyridine rings is 1. The third kappa shape index (κ3) is 1.82. The van der Waals surface area contributed by atoms with Gasteiger partial charge in [-0.2, -0.15) is 0 Å². The summed E-state index contributed by atoms with van der Waals surface area (Å²) in [6, 6.07) is 14.5. The van der Waals surface area contributed by atoms with E-state index in [-0.39, 0.29) is 1.43 Å². The van der Waals surface area contributed by atoms with Crippen LogP contribution >= 0.6 is 0 Å². The Hall–Kier alpha value is -1.63. The highest BCUT2D eigenvalue weighted by Gasteiger charge is 1.96. The van der Waals surface area contributed by atoms with Crippen molar-refractivity contribution < 1.29 is 1.43 Å². The number of hydrogen-bond donors (Lipinski definition) is 0. The standard InChI is InChI=1S/C13H13N.H2/c1-2-11-6-8-12(9-7-11)13-5-3-4-10-14-13;/h3-10H,2H2,1H3;1H. The van der Waals surface area contributed by atoms with Gasteiger partial charge < -0.3 is 0 Å². The van der Waals surface area contributed by atoms with Crippen molar-refractivity contribution in [2.45, 2.75) is 13.3 Å². The van der Waals surface area contributed by atoms with Crippen molar-refractivity contribution in [2.75, 3.05) is 0 Å². The largest absolute Gasteiger partial charge is 0.256 e. The zero-order valence-corrected chi connectivity index (χ0v) is 8.27. The topological polar surface area (TPSA) is 12.9 Å². The van der Waals surface area contributed by atoms with Crippen molar-refractivity contribution in [3.8, 4) is 11.3 Å². The van der Waals surface area contributed by atoms with Crippen LogP contribution in [-0.2, 0) is 6.42 Å². The lowest BCUT2D eigenvalue weighted by atomic mass is 10.1. The summed E-state index contributed by atoms with van der Waals surface area (Å²) in [5, 5.41) is 0. The van der Waals surface area contributed by atoms with Gasteiger partial charge in [0.1, 0.15) is 0 Å². The number of hydrogen-bond acceptors (Lipinski definition) is 1. The molecule has 0 amide bonds. The zero-order chi connectivity index (χ0) is 9.80. The highest BCUT2D eigenvalue weighted by Crippen LogP contribution is 2.16. The van der Waals surface area contributed by atoms with E-state index < -0.39 is 0 Å². The van der Waals surface area contributed by atoms with E-state index in [1.54, 1.807) is 0 Å². The molecule has 0 aliphatic heterocycles. The number of rotatable bonds is 2. The molecular weight excluding hydrogens is 170 g/mol. The molecule has 0 N–H and O–H groups in total. The third-order valence-corrected chi connectivity index (χ3v) is 2.32. The van der Waals surface area contributed by atoms with E-state index in [2.05, 4.69) is 36.2 Å². The fourth-order valence-corrected chi connectivity index (χ4v) is 1.44. The molecule has 0 fully saturated rings. The molecule has 1 heteroatoms. The average molecular weight is 185 g/mol. The summed E-state index contributed by atoms with van der Waals surface area (Å²) >= 11 is 0. The Labute approximate surface area is 85.9 Å². The fraction of sp³-hybridized carbons (Fsp3) is 0.154. The van der Waals surface area contributed by atoms with Crippen LogP contribution in [0.4, 0.5) is 0 Å². The normalized spacial score (nSPS) is 10.1. The predicted molar refractivity (Wildman–Crippen MR) is 61.2 cm³/mol. The highest BCUT2D eigenvalue weighted by molar-refractivity contribution is 5.58. The first-order chi connectivity index (χ1) is 6.90. The van der Waals surface area contributed by atoms with Crippen LogP contribution in [0.1, 0.15) is 13.9 Å². The minimum atomic E-state index is 0. The van der Waals surface area contributed by atoms with Gasteiger partial charge in [0.2, 0.25) is 0 Å². The summed E-state index contributed by atoms with van der Waals surface area (Å²) in [5.74, 6) is 0. The Kier molecular flexibility index (Phi) is 2.59. The first kappa shape index (κ1) is 8.95. The van der Waals surface area contributed by atoms with Crippen molar-refractivity contribution in [1.29, 1.82) is 0 Å². The summed E-state index contributed by atoms with van der Waals surface area (Å²) < 4.78 is 0. The molecule has 0 aliphatic rings. The van der Waals surface area contributed by atoms with Crippen LogP contribution in [0, 0.1) is 0 Å². The van der Waals surface area contributed by atoms with Gasteiger partial charge in [-0.3, -0.25) is 4.98 Å². The Morgan fingerprint density at radius 2 is 1.86 bits per heavy atom. The van der Waals surface area contributed by atoms with Gasteiger partial charge in [-0.15, -0.1) is 0 Å². The van der Waals surface area contributed by atoms with E-state index in [0.717, 1.165) is 12.1 Å². The molecular formula is C13H15N. The van der Waals surface area contributed by atoms with Gasteiger partial charge >= 0.3 is 0 Å². The summed E-state index contributed by atoms with van der Waals surface area (Å²) in [6.45, 7) is 2.16. The van der Waals surface area contributed by atoms with Gasteiger partial charge in [-0.25, -0.2) is 0 Å². The minimum Gasteiger partial charge on any atom is -0.256 e. The first-order valence-electron chi connectivity index (χ1n) is 4.90. The van der Waals surface area contributed by atoms with Crippen LogP contribution in [0.5, 0.6) is 0 Å². The second kappa shape index (κ2) is 4.05. The predicted octanol–water partition coefficient (Wildman–Crippen LogP) is 3.56. The maximum atomic E-state index is 4.30. The molecule has 2 aromatic rings. The number of benzene rings is 1. The number of aromatic nitrogens is 1. The van der Waals surface area contributed by atoms with Crippen molar-refractivity contribution in [3.05, 3.63) is 54.2 Å². The van der Waals surface area contributed by atoms with E-state index in [9.17, 15) is 0 Å². The van der Waals surface area contributed by atoms with Crippen LogP contribution in [0.15, 0.2) is 48.7 Å². The van der Waals surface area contributed by atoms with Gasteiger partial charge in [0.25, 0.3) is 0 Å². The molecule has 0 saturated heterocycles. The molecule has 0 bridgehead atoms. The van der Waals surface area contributed by atoms with E-state index in [1.807, 2.05) is 24.4 Å². The summed E-state index contributed by atoms with van der Waals surface area (Å²) in [4.78, 5) is 4.30. The molecule has 0 radical (unpaired) electrons. The molecule has 0 aliphatic carbocycles. The minimum absolute atomic E-state index is 0. The molecule has 72 valence electrons. The van der Waals surface area contributed by atoms with Crippen LogP contribution in [0.2, 0.25) is 0 Å². The number of nitrogens with zero attached hydrogens (tertiary/aromatic N) is 1.